The summed E-state index contributed by atoms with van der Waals surface area (Å²) in [5.74, 6) is -0.430. The number of carbonyl (C=O) groups is 1. The number of hydrogen-bond donors (Lipinski definition) is 2. The molecule has 0 aliphatic carbocycles. The van der Waals surface area contributed by atoms with Crippen LogP contribution in [-0.2, 0) is 4.74 Å². The molecule has 0 aliphatic rings. The first kappa shape index (κ1) is 12.7. The van der Waals surface area contributed by atoms with Crippen molar-refractivity contribution in [2.75, 3.05) is 6.61 Å². The molecule has 4 heteroatoms. The molecule has 0 aliphatic heterocycles. The van der Waals surface area contributed by atoms with E-state index < -0.39 is 17.6 Å². The van der Waals surface area contributed by atoms with Gasteiger partial charge in [-0.3, -0.25) is 0 Å². The van der Waals surface area contributed by atoms with Gasteiger partial charge in [0, 0.05) is 0 Å². The van der Waals surface area contributed by atoms with Crippen molar-refractivity contribution in [1.29, 1.82) is 0 Å². The molecule has 1 atom stereocenters. The van der Waals surface area contributed by atoms with Gasteiger partial charge in [-0.15, -0.1) is 0 Å². The Morgan fingerprint density at radius 1 is 1.44 bits per heavy atom. The SMILES string of the molecule is CC(C)(O)[C@@H](N)COC(=O)c1ccccc1. The second kappa shape index (κ2) is 5.09. The Hall–Kier alpha value is -1.39. The molecular weight excluding hydrogens is 206 g/mol. The van der Waals surface area contributed by atoms with E-state index in [-0.39, 0.29) is 6.61 Å². The summed E-state index contributed by atoms with van der Waals surface area (Å²) in [6.45, 7) is 3.15. The van der Waals surface area contributed by atoms with Crippen molar-refractivity contribution < 1.29 is 14.6 Å². The first-order valence-corrected chi connectivity index (χ1v) is 5.11. The number of aliphatic hydroxyl groups is 1. The van der Waals surface area contributed by atoms with Crippen LogP contribution in [0.5, 0.6) is 0 Å². The number of hydrogen-bond acceptors (Lipinski definition) is 4. The van der Waals surface area contributed by atoms with Gasteiger partial charge in [0.1, 0.15) is 6.61 Å². The van der Waals surface area contributed by atoms with Crippen molar-refractivity contribution in [2.24, 2.45) is 5.73 Å². The zero-order valence-corrected chi connectivity index (χ0v) is 9.51. The third kappa shape index (κ3) is 3.64. The van der Waals surface area contributed by atoms with E-state index >= 15 is 0 Å². The van der Waals surface area contributed by atoms with Gasteiger partial charge in [0.25, 0.3) is 0 Å². The van der Waals surface area contributed by atoms with Crippen LogP contribution in [0, 0.1) is 0 Å². The third-order valence-corrected chi connectivity index (χ3v) is 2.31. The smallest absolute Gasteiger partial charge is 0.338 e. The zero-order valence-electron chi connectivity index (χ0n) is 9.51. The average molecular weight is 223 g/mol. The molecule has 0 spiro atoms. The third-order valence-electron chi connectivity index (χ3n) is 2.31. The van der Waals surface area contributed by atoms with E-state index in [0.29, 0.717) is 5.56 Å². The maximum Gasteiger partial charge on any atom is 0.338 e. The summed E-state index contributed by atoms with van der Waals surface area (Å²) in [6.07, 6.45) is 0. The lowest BCUT2D eigenvalue weighted by Crippen LogP contribution is -2.46. The normalized spacial score (nSPS) is 13.2. The molecule has 16 heavy (non-hydrogen) atoms. The molecule has 0 bridgehead atoms. The molecule has 1 aromatic carbocycles. The van der Waals surface area contributed by atoms with Gasteiger partial charge in [0.15, 0.2) is 0 Å². The van der Waals surface area contributed by atoms with E-state index in [9.17, 15) is 9.90 Å². The lowest BCUT2D eigenvalue weighted by Gasteiger charge is -2.24. The fraction of sp³-hybridized carbons (Fsp3) is 0.417. The molecule has 0 radical (unpaired) electrons. The monoisotopic (exact) mass is 223 g/mol. The lowest BCUT2D eigenvalue weighted by molar-refractivity contribution is 0.0104. The number of esters is 1. The minimum Gasteiger partial charge on any atom is -0.460 e. The number of nitrogens with two attached hydrogens (primary N) is 1. The maximum absolute atomic E-state index is 11.5. The minimum absolute atomic E-state index is 0.00275. The summed E-state index contributed by atoms with van der Waals surface area (Å²) < 4.78 is 4.99. The number of ether oxygens (including phenoxy) is 1. The Morgan fingerprint density at radius 3 is 2.50 bits per heavy atom. The van der Waals surface area contributed by atoms with Crippen LogP contribution in [0.25, 0.3) is 0 Å². The second-order valence-corrected chi connectivity index (χ2v) is 4.22. The molecule has 0 saturated carbocycles. The van der Waals surface area contributed by atoms with Crippen LogP contribution >= 0.6 is 0 Å². The summed E-state index contributed by atoms with van der Waals surface area (Å²) in [4.78, 5) is 11.5. The Morgan fingerprint density at radius 2 is 2.00 bits per heavy atom. The van der Waals surface area contributed by atoms with Gasteiger partial charge in [-0.2, -0.15) is 0 Å². The van der Waals surface area contributed by atoms with Gasteiger partial charge >= 0.3 is 5.97 Å². The van der Waals surface area contributed by atoms with Gasteiger partial charge in [-0.1, -0.05) is 18.2 Å². The van der Waals surface area contributed by atoms with Crippen LogP contribution in [0.4, 0.5) is 0 Å². The summed E-state index contributed by atoms with van der Waals surface area (Å²) >= 11 is 0. The van der Waals surface area contributed by atoms with Crippen molar-refractivity contribution in [3.63, 3.8) is 0 Å². The van der Waals surface area contributed by atoms with E-state index in [2.05, 4.69) is 0 Å². The molecule has 3 N–H and O–H groups in total. The molecule has 88 valence electrons. The first-order chi connectivity index (χ1) is 7.41. The van der Waals surface area contributed by atoms with E-state index in [0.717, 1.165) is 0 Å². The van der Waals surface area contributed by atoms with Crippen LogP contribution in [0.15, 0.2) is 30.3 Å². The van der Waals surface area contributed by atoms with Gasteiger partial charge < -0.3 is 15.6 Å². The highest BCUT2D eigenvalue weighted by Gasteiger charge is 2.24. The van der Waals surface area contributed by atoms with Crippen molar-refractivity contribution in [3.05, 3.63) is 35.9 Å². The molecule has 4 nitrogen and oxygen atoms in total. The fourth-order valence-corrected chi connectivity index (χ4v) is 1.03. The Labute approximate surface area is 95.0 Å². The zero-order chi connectivity index (χ0) is 12.2. The van der Waals surface area contributed by atoms with Gasteiger partial charge in [0.05, 0.1) is 17.2 Å². The quantitative estimate of drug-likeness (QED) is 0.745. The predicted octanol–water partition coefficient (Wildman–Crippen LogP) is 0.942. The summed E-state index contributed by atoms with van der Waals surface area (Å²) in [6, 6.07) is 8.06. The number of benzene rings is 1. The Balaban J connectivity index is 2.48. The first-order valence-electron chi connectivity index (χ1n) is 5.11. The van der Waals surface area contributed by atoms with Crippen molar-refractivity contribution >= 4 is 5.97 Å². The molecular formula is C12H17NO3. The van der Waals surface area contributed by atoms with E-state index in [1.165, 1.54) is 0 Å². The van der Waals surface area contributed by atoms with Crippen LogP contribution < -0.4 is 5.73 Å². The topological polar surface area (TPSA) is 72.6 Å². The standard InChI is InChI=1S/C12H17NO3/c1-12(2,15)10(13)8-16-11(14)9-6-4-3-5-7-9/h3-7,10,15H,8,13H2,1-2H3/t10-/m0/s1. The highest BCUT2D eigenvalue weighted by molar-refractivity contribution is 5.89. The van der Waals surface area contributed by atoms with Gasteiger partial charge in [-0.05, 0) is 26.0 Å². The van der Waals surface area contributed by atoms with Crippen molar-refractivity contribution in [1.82, 2.24) is 0 Å². The molecule has 0 heterocycles. The van der Waals surface area contributed by atoms with Crippen LogP contribution in [0.3, 0.4) is 0 Å². The van der Waals surface area contributed by atoms with Gasteiger partial charge in [0.2, 0.25) is 0 Å². The Bertz CT molecular complexity index is 343. The van der Waals surface area contributed by atoms with Crippen molar-refractivity contribution in [3.8, 4) is 0 Å². The van der Waals surface area contributed by atoms with Crippen LogP contribution in [0.1, 0.15) is 24.2 Å². The second-order valence-electron chi connectivity index (χ2n) is 4.22. The molecule has 0 unspecified atom stereocenters. The lowest BCUT2D eigenvalue weighted by atomic mass is 10.0. The fourth-order valence-electron chi connectivity index (χ4n) is 1.03. The molecule has 0 aromatic heterocycles. The molecule has 1 rings (SSSR count). The van der Waals surface area contributed by atoms with Crippen LogP contribution in [-0.4, -0.2) is 29.3 Å². The molecule has 0 amide bonds. The predicted molar refractivity (Wildman–Crippen MR) is 61.0 cm³/mol. The van der Waals surface area contributed by atoms with E-state index in [1.807, 2.05) is 6.07 Å². The van der Waals surface area contributed by atoms with Gasteiger partial charge in [-0.25, -0.2) is 4.79 Å². The minimum atomic E-state index is -1.06. The number of carbonyl (C=O) groups excluding carboxylic acids is 1. The van der Waals surface area contributed by atoms with E-state index in [1.54, 1.807) is 38.1 Å². The summed E-state index contributed by atoms with van der Waals surface area (Å²) in [5.41, 5.74) is 5.07. The highest BCUT2D eigenvalue weighted by atomic mass is 16.5. The Kier molecular flexibility index (Phi) is 4.04. The van der Waals surface area contributed by atoms with Crippen molar-refractivity contribution in [2.45, 2.75) is 25.5 Å². The highest BCUT2D eigenvalue weighted by Crippen LogP contribution is 2.08. The molecule has 0 saturated heterocycles. The summed E-state index contributed by atoms with van der Waals surface area (Å²) in [7, 11) is 0. The maximum atomic E-state index is 11.5. The summed E-state index contributed by atoms with van der Waals surface area (Å²) in [5, 5.41) is 9.55. The largest absolute Gasteiger partial charge is 0.460 e. The number of rotatable bonds is 4. The van der Waals surface area contributed by atoms with E-state index in [4.69, 9.17) is 10.5 Å². The molecule has 0 fully saturated rings. The average Bonchev–Trinajstić information content (AvgIpc) is 2.25. The van der Waals surface area contributed by atoms with Crippen LogP contribution in [0.2, 0.25) is 0 Å². The molecule has 1 aromatic rings.